The van der Waals surface area contributed by atoms with E-state index in [2.05, 4.69) is 15.6 Å². The van der Waals surface area contributed by atoms with Crippen LogP contribution in [0.1, 0.15) is 19.4 Å². The molecule has 0 aromatic heterocycles. The quantitative estimate of drug-likeness (QED) is 0.393. The molecule has 0 aliphatic heterocycles. The van der Waals surface area contributed by atoms with Crippen molar-refractivity contribution in [2.45, 2.75) is 20.4 Å². The van der Waals surface area contributed by atoms with Gasteiger partial charge in [-0.2, -0.15) is 0 Å². The van der Waals surface area contributed by atoms with Gasteiger partial charge >= 0.3 is 0 Å². The summed E-state index contributed by atoms with van der Waals surface area (Å²) in [6.45, 7) is 6.00. The number of benzene rings is 1. The van der Waals surface area contributed by atoms with E-state index in [1.165, 1.54) is 12.1 Å². The number of aliphatic imine (C=N–C) groups is 1. The van der Waals surface area contributed by atoms with Crippen molar-refractivity contribution in [1.29, 1.82) is 0 Å². The van der Waals surface area contributed by atoms with E-state index in [4.69, 9.17) is 5.11 Å². The third-order valence-corrected chi connectivity index (χ3v) is 2.61. The van der Waals surface area contributed by atoms with E-state index in [9.17, 15) is 4.39 Å². The molecule has 20 heavy (non-hydrogen) atoms. The van der Waals surface area contributed by atoms with Gasteiger partial charge in [-0.1, -0.05) is 19.1 Å². The largest absolute Gasteiger partial charge is 0.396 e. The number of rotatable bonds is 6. The van der Waals surface area contributed by atoms with Crippen LogP contribution in [0.4, 0.5) is 4.39 Å². The Labute approximate surface area is 136 Å². The molecule has 0 spiro atoms. The Kier molecular flexibility index (Phi) is 10.4. The molecule has 1 aromatic rings. The highest BCUT2D eigenvalue weighted by molar-refractivity contribution is 14.0. The van der Waals surface area contributed by atoms with Gasteiger partial charge in [0.15, 0.2) is 5.96 Å². The van der Waals surface area contributed by atoms with Crippen LogP contribution < -0.4 is 10.6 Å². The molecule has 4 nitrogen and oxygen atoms in total. The molecule has 0 heterocycles. The molecule has 0 aliphatic rings. The smallest absolute Gasteiger partial charge is 0.191 e. The SMILES string of the molecule is CCNC(=NCc1ccc(F)cc1)NCC(C)CO.I. The molecule has 1 rings (SSSR count). The lowest BCUT2D eigenvalue weighted by molar-refractivity contribution is 0.238. The zero-order chi connectivity index (χ0) is 14.1. The number of nitrogens with zero attached hydrogens (tertiary/aromatic N) is 1. The highest BCUT2D eigenvalue weighted by Crippen LogP contribution is 2.03. The van der Waals surface area contributed by atoms with Crippen molar-refractivity contribution in [3.05, 3.63) is 35.6 Å². The third-order valence-electron chi connectivity index (χ3n) is 2.61. The molecule has 0 aliphatic carbocycles. The summed E-state index contributed by atoms with van der Waals surface area (Å²) in [5, 5.41) is 15.3. The zero-order valence-corrected chi connectivity index (χ0v) is 14.2. The van der Waals surface area contributed by atoms with Gasteiger partial charge in [0.1, 0.15) is 5.82 Å². The molecule has 1 aromatic carbocycles. The van der Waals surface area contributed by atoms with Crippen LogP contribution in [-0.2, 0) is 6.54 Å². The van der Waals surface area contributed by atoms with Crippen LogP contribution in [0.15, 0.2) is 29.3 Å². The second-order valence-electron chi connectivity index (χ2n) is 4.49. The molecule has 0 amide bonds. The molecule has 6 heteroatoms. The summed E-state index contributed by atoms with van der Waals surface area (Å²) in [6.07, 6.45) is 0. The second kappa shape index (κ2) is 10.8. The topological polar surface area (TPSA) is 56.7 Å². The maximum atomic E-state index is 12.8. The predicted octanol–water partition coefficient (Wildman–Crippen LogP) is 2.13. The van der Waals surface area contributed by atoms with Crippen molar-refractivity contribution in [3.8, 4) is 0 Å². The van der Waals surface area contributed by atoms with Gasteiger partial charge < -0.3 is 15.7 Å². The maximum Gasteiger partial charge on any atom is 0.191 e. The summed E-state index contributed by atoms with van der Waals surface area (Å²) < 4.78 is 12.8. The van der Waals surface area contributed by atoms with Crippen LogP contribution in [0.2, 0.25) is 0 Å². The highest BCUT2D eigenvalue weighted by atomic mass is 127. The fourth-order valence-corrected chi connectivity index (χ4v) is 1.44. The average molecular weight is 395 g/mol. The van der Waals surface area contributed by atoms with Gasteiger partial charge in [0.2, 0.25) is 0 Å². The highest BCUT2D eigenvalue weighted by Gasteiger charge is 2.02. The number of aliphatic hydroxyl groups is 1. The molecule has 3 N–H and O–H groups in total. The number of nitrogens with one attached hydrogen (secondary N) is 2. The second-order valence-corrected chi connectivity index (χ2v) is 4.49. The Balaban J connectivity index is 0.00000361. The molecular weight excluding hydrogens is 372 g/mol. The Hall–Kier alpha value is -0.890. The number of aliphatic hydroxyl groups excluding tert-OH is 1. The van der Waals surface area contributed by atoms with E-state index in [1.807, 2.05) is 13.8 Å². The first-order valence-corrected chi connectivity index (χ1v) is 6.53. The Morgan fingerprint density at radius 3 is 2.50 bits per heavy atom. The number of hydrogen-bond acceptors (Lipinski definition) is 2. The number of halogens is 2. The molecule has 0 bridgehead atoms. The summed E-state index contributed by atoms with van der Waals surface area (Å²) in [5.74, 6) is 0.635. The lowest BCUT2D eigenvalue weighted by Gasteiger charge is -2.14. The molecule has 0 saturated heterocycles. The van der Waals surface area contributed by atoms with Crippen molar-refractivity contribution in [2.24, 2.45) is 10.9 Å². The first-order valence-electron chi connectivity index (χ1n) is 6.53. The van der Waals surface area contributed by atoms with E-state index in [-0.39, 0.29) is 42.3 Å². The molecular formula is C14H23FIN3O. The minimum Gasteiger partial charge on any atom is -0.396 e. The first kappa shape index (κ1) is 19.1. The van der Waals surface area contributed by atoms with Crippen LogP contribution in [0.25, 0.3) is 0 Å². The summed E-state index contributed by atoms with van der Waals surface area (Å²) in [4.78, 5) is 4.41. The standard InChI is InChI=1S/C14H22FN3O.HI/c1-3-16-14(17-8-11(2)10-19)18-9-12-4-6-13(15)7-5-12;/h4-7,11,19H,3,8-10H2,1-2H3,(H2,16,17,18);1H. The first-order chi connectivity index (χ1) is 9.15. The van der Waals surface area contributed by atoms with E-state index in [0.29, 0.717) is 19.0 Å². The van der Waals surface area contributed by atoms with Crippen molar-refractivity contribution >= 4 is 29.9 Å². The molecule has 1 atom stereocenters. The summed E-state index contributed by atoms with van der Waals surface area (Å²) in [6, 6.07) is 6.30. The molecule has 0 saturated carbocycles. The van der Waals surface area contributed by atoms with Crippen molar-refractivity contribution < 1.29 is 9.50 Å². The van der Waals surface area contributed by atoms with Gasteiger partial charge in [-0.15, -0.1) is 24.0 Å². The minimum atomic E-state index is -0.241. The minimum absolute atomic E-state index is 0. The lowest BCUT2D eigenvalue weighted by Crippen LogP contribution is -2.39. The molecule has 0 fully saturated rings. The lowest BCUT2D eigenvalue weighted by atomic mass is 10.2. The number of guanidine groups is 1. The Bertz CT molecular complexity index is 398. The fraction of sp³-hybridized carbons (Fsp3) is 0.500. The van der Waals surface area contributed by atoms with Gasteiger partial charge in [-0.05, 0) is 30.5 Å². The van der Waals surface area contributed by atoms with Gasteiger partial charge in [-0.25, -0.2) is 9.38 Å². The molecule has 1 unspecified atom stereocenters. The maximum absolute atomic E-state index is 12.8. The summed E-state index contributed by atoms with van der Waals surface area (Å²) >= 11 is 0. The van der Waals surface area contributed by atoms with E-state index in [1.54, 1.807) is 12.1 Å². The van der Waals surface area contributed by atoms with Gasteiger partial charge in [0.05, 0.1) is 6.54 Å². The molecule has 0 radical (unpaired) electrons. The fourth-order valence-electron chi connectivity index (χ4n) is 1.44. The van der Waals surface area contributed by atoms with Crippen molar-refractivity contribution in [2.75, 3.05) is 19.7 Å². The Morgan fingerprint density at radius 1 is 1.30 bits per heavy atom. The third kappa shape index (κ3) is 7.64. The zero-order valence-electron chi connectivity index (χ0n) is 11.9. The van der Waals surface area contributed by atoms with Crippen molar-refractivity contribution in [3.63, 3.8) is 0 Å². The van der Waals surface area contributed by atoms with Crippen molar-refractivity contribution in [1.82, 2.24) is 10.6 Å². The monoisotopic (exact) mass is 395 g/mol. The predicted molar refractivity (Wildman–Crippen MR) is 90.9 cm³/mol. The van der Waals surface area contributed by atoms with Crippen LogP contribution in [0.3, 0.4) is 0 Å². The molecule has 114 valence electrons. The summed E-state index contributed by atoms with van der Waals surface area (Å²) in [5.41, 5.74) is 0.953. The van der Waals surface area contributed by atoms with Gasteiger partial charge in [-0.3, -0.25) is 0 Å². The van der Waals surface area contributed by atoms with Crippen LogP contribution >= 0.6 is 24.0 Å². The van der Waals surface area contributed by atoms with E-state index in [0.717, 1.165) is 12.1 Å². The van der Waals surface area contributed by atoms with Gasteiger partial charge in [0, 0.05) is 19.7 Å². The van der Waals surface area contributed by atoms with Crippen LogP contribution in [0.5, 0.6) is 0 Å². The van der Waals surface area contributed by atoms with E-state index >= 15 is 0 Å². The van der Waals surface area contributed by atoms with E-state index < -0.39 is 0 Å². The normalized spacial score (nSPS) is 12.5. The number of hydrogen-bond donors (Lipinski definition) is 3. The summed E-state index contributed by atoms with van der Waals surface area (Å²) in [7, 11) is 0. The Morgan fingerprint density at radius 2 is 1.95 bits per heavy atom. The van der Waals surface area contributed by atoms with Gasteiger partial charge in [0.25, 0.3) is 0 Å². The van der Waals surface area contributed by atoms with Crippen LogP contribution in [-0.4, -0.2) is 30.8 Å². The average Bonchev–Trinajstić information content (AvgIpc) is 2.43. The van der Waals surface area contributed by atoms with Crippen LogP contribution in [0, 0.1) is 11.7 Å².